The Morgan fingerprint density at radius 3 is 1.96 bits per heavy atom. The van der Waals surface area contributed by atoms with E-state index >= 15 is 0 Å². The van der Waals surface area contributed by atoms with E-state index in [9.17, 15) is 0 Å². The minimum absolute atomic E-state index is 0.136. The molecule has 0 fully saturated rings. The van der Waals surface area contributed by atoms with E-state index in [2.05, 4.69) is 130 Å². The van der Waals surface area contributed by atoms with Crippen molar-refractivity contribution in [2.75, 3.05) is 10.3 Å². The number of hydrogen-bond donors (Lipinski definition) is 2. The number of anilines is 2. The van der Waals surface area contributed by atoms with Crippen molar-refractivity contribution in [3.8, 4) is 22.5 Å². The van der Waals surface area contributed by atoms with Gasteiger partial charge >= 0.3 is 0 Å². The molecule has 0 amide bonds. The maximum atomic E-state index is 8.92. The van der Waals surface area contributed by atoms with Gasteiger partial charge in [-0.1, -0.05) is 152 Å². The van der Waals surface area contributed by atoms with Gasteiger partial charge in [-0.25, -0.2) is 9.98 Å². The third kappa shape index (κ3) is 5.81. The summed E-state index contributed by atoms with van der Waals surface area (Å²) in [6.07, 6.45) is 8.96. The summed E-state index contributed by atoms with van der Waals surface area (Å²) in [6, 6.07) is 58.4. The Kier molecular flexibility index (Phi) is 7.99. The van der Waals surface area contributed by atoms with Crippen LogP contribution in [-0.4, -0.2) is 27.4 Å². The summed E-state index contributed by atoms with van der Waals surface area (Å²) < 4.78 is 2.14. The SMILES string of the molecule is N=C(N=C(Nn1c2ccccc2c2cc3c(cc21)C1C=CC=CC1N3c1ccc(-c2cccc(-c3ccccc3)n2)cc1)c1ccccc1)c1ccccc1. The molecule has 2 aliphatic rings. The van der Waals surface area contributed by atoms with Crippen molar-refractivity contribution in [2.24, 2.45) is 4.99 Å². The molecule has 262 valence electrons. The molecule has 10 rings (SSSR count). The van der Waals surface area contributed by atoms with E-state index in [1.807, 2.05) is 78.9 Å². The number of allylic oxidation sites excluding steroid dienone is 2. The number of nitrogens with zero attached hydrogens (tertiary/aromatic N) is 4. The predicted octanol–water partition coefficient (Wildman–Crippen LogP) is 11.3. The van der Waals surface area contributed by atoms with E-state index in [0.717, 1.165) is 61.1 Å². The summed E-state index contributed by atoms with van der Waals surface area (Å²) in [5, 5.41) is 11.2. The van der Waals surface area contributed by atoms with Crippen LogP contribution in [0.5, 0.6) is 0 Å². The number of amidine groups is 2. The zero-order valence-electron chi connectivity index (χ0n) is 29.9. The normalized spacial score (nSPS) is 16.0. The van der Waals surface area contributed by atoms with Crippen molar-refractivity contribution in [3.63, 3.8) is 0 Å². The van der Waals surface area contributed by atoms with Gasteiger partial charge in [0.25, 0.3) is 0 Å². The zero-order valence-corrected chi connectivity index (χ0v) is 29.9. The molecule has 1 aliphatic heterocycles. The molecule has 1 aliphatic carbocycles. The smallest absolute Gasteiger partial charge is 0.154 e. The molecule has 2 aromatic heterocycles. The molecule has 55 heavy (non-hydrogen) atoms. The van der Waals surface area contributed by atoms with E-state index in [4.69, 9.17) is 15.4 Å². The molecule has 0 bridgehead atoms. The summed E-state index contributed by atoms with van der Waals surface area (Å²) in [6.45, 7) is 0. The van der Waals surface area contributed by atoms with Gasteiger partial charge in [-0.2, -0.15) is 0 Å². The van der Waals surface area contributed by atoms with Crippen LogP contribution in [0, 0.1) is 5.41 Å². The van der Waals surface area contributed by atoms with E-state index in [-0.39, 0.29) is 17.8 Å². The average Bonchev–Trinajstić information content (AvgIpc) is 3.75. The van der Waals surface area contributed by atoms with Crippen LogP contribution in [0.15, 0.2) is 199 Å². The van der Waals surface area contributed by atoms with Crippen molar-refractivity contribution in [1.29, 1.82) is 5.41 Å². The molecule has 6 nitrogen and oxygen atoms in total. The molecule has 0 radical (unpaired) electrons. The molecule has 0 saturated heterocycles. The summed E-state index contributed by atoms with van der Waals surface area (Å²) in [4.78, 5) is 12.4. The molecule has 2 unspecified atom stereocenters. The number of aliphatic imine (C=N–C) groups is 1. The molecule has 6 aromatic carbocycles. The highest BCUT2D eigenvalue weighted by molar-refractivity contribution is 6.16. The third-order valence-corrected chi connectivity index (χ3v) is 10.6. The Labute approximate surface area is 319 Å². The minimum Gasteiger partial charge on any atom is -0.333 e. The Balaban J connectivity index is 1.07. The number of para-hydroxylation sites is 1. The Hall–Kier alpha value is -7.31. The first-order valence-corrected chi connectivity index (χ1v) is 18.6. The second kappa shape index (κ2) is 13.6. The maximum absolute atomic E-state index is 8.92. The highest BCUT2D eigenvalue weighted by Crippen LogP contribution is 2.50. The molecule has 3 heterocycles. The monoisotopic (exact) mass is 708 g/mol. The fourth-order valence-corrected chi connectivity index (χ4v) is 8.00. The maximum Gasteiger partial charge on any atom is 0.154 e. The molecular formula is C49H36N6. The van der Waals surface area contributed by atoms with Crippen molar-refractivity contribution < 1.29 is 0 Å². The largest absolute Gasteiger partial charge is 0.333 e. The van der Waals surface area contributed by atoms with Crippen LogP contribution in [0.4, 0.5) is 11.4 Å². The first-order chi connectivity index (χ1) is 27.2. The average molecular weight is 709 g/mol. The number of aromatic nitrogens is 2. The highest BCUT2D eigenvalue weighted by atomic mass is 15.4. The topological polar surface area (TPSA) is 69.3 Å². The van der Waals surface area contributed by atoms with Crippen LogP contribution in [0.25, 0.3) is 44.3 Å². The fraction of sp³-hybridized carbons (Fsp3) is 0.0408. The molecule has 2 N–H and O–H groups in total. The van der Waals surface area contributed by atoms with Gasteiger partial charge in [-0.05, 0) is 48.0 Å². The lowest BCUT2D eigenvalue weighted by molar-refractivity contribution is 0.745. The Morgan fingerprint density at radius 2 is 1.22 bits per heavy atom. The van der Waals surface area contributed by atoms with Crippen molar-refractivity contribution in [2.45, 2.75) is 12.0 Å². The molecule has 0 spiro atoms. The summed E-state index contributed by atoms with van der Waals surface area (Å²) in [5.41, 5.74) is 15.1. The Bertz CT molecular complexity index is 2800. The number of fused-ring (bicyclic) bond motifs is 6. The lowest BCUT2D eigenvalue weighted by atomic mass is 9.91. The fourth-order valence-electron chi connectivity index (χ4n) is 8.00. The van der Waals surface area contributed by atoms with Crippen molar-refractivity contribution in [1.82, 2.24) is 9.66 Å². The van der Waals surface area contributed by atoms with Crippen LogP contribution in [0.3, 0.4) is 0 Å². The lowest BCUT2D eigenvalue weighted by Gasteiger charge is -2.28. The van der Waals surface area contributed by atoms with Crippen molar-refractivity contribution in [3.05, 3.63) is 211 Å². The lowest BCUT2D eigenvalue weighted by Crippen LogP contribution is -2.28. The predicted molar refractivity (Wildman–Crippen MR) is 227 cm³/mol. The van der Waals surface area contributed by atoms with Gasteiger partial charge < -0.3 is 4.90 Å². The van der Waals surface area contributed by atoms with Crippen LogP contribution in [0.2, 0.25) is 0 Å². The number of benzene rings is 6. The van der Waals surface area contributed by atoms with E-state index in [0.29, 0.717) is 5.84 Å². The van der Waals surface area contributed by atoms with Gasteiger partial charge in [0.05, 0.1) is 28.5 Å². The first-order valence-electron chi connectivity index (χ1n) is 18.6. The summed E-state index contributed by atoms with van der Waals surface area (Å²) in [7, 11) is 0. The summed E-state index contributed by atoms with van der Waals surface area (Å²) in [5.74, 6) is 0.965. The molecule has 8 aromatic rings. The van der Waals surface area contributed by atoms with E-state index in [1.54, 1.807) is 0 Å². The van der Waals surface area contributed by atoms with E-state index in [1.165, 1.54) is 11.3 Å². The van der Waals surface area contributed by atoms with Crippen LogP contribution >= 0.6 is 0 Å². The highest BCUT2D eigenvalue weighted by Gasteiger charge is 2.38. The van der Waals surface area contributed by atoms with Gasteiger partial charge in [0.15, 0.2) is 11.7 Å². The van der Waals surface area contributed by atoms with Gasteiger partial charge in [0.2, 0.25) is 0 Å². The number of pyridine rings is 1. The van der Waals surface area contributed by atoms with Crippen LogP contribution < -0.4 is 10.3 Å². The number of hydrogen-bond acceptors (Lipinski definition) is 3. The molecule has 6 heteroatoms. The van der Waals surface area contributed by atoms with Gasteiger partial charge in [0.1, 0.15) is 0 Å². The standard InChI is InChI=1S/C49H36N6/c50-48(35-17-6-2-7-18-35)52-49(36-19-8-3-9-20-36)53-55-45-26-13-11-22-39(45)41-31-46-40(32-47(41)55)38-21-10-12-25-44(38)54(46)37-29-27-34(28-30-37)43-24-14-23-42(51-43)33-15-4-1-5-16-33/h1-32,38,44H,(H2,50,52,53). The van der Waals surface area contributed by atoms with Crippen LogP contribution in [-0.2, 0) is 0 Å². The van der Waals surface area contributed by atoms with Gasteiger partial charge in [-0.15, -0.1) is 0 Å². The minimum atomic E-state index is 0.136. The Morgan fingerprint density at radius 1 is 0.582 bits per heavy atom. The van der Waals surface area contributed by atoms with Gasteiger partial charge in [0, 0.05) is 50.3 Å². The first kappa shape index (κ1) is 32.3. The van der Waals surface area contributed by atoms with Crippen LogP contribution in [0.1, 0.15) is 22.6 Å². The molecule has 0 saturated carbocycles. The van der Waals surface area contributed by atoms with E-state index < -0.39 is 0 Å². The van der Waals surface area contributed by atoms with Crippen molar-refractivity contribution >= 4 is 44.9 Å². The van der Waals surface area contributed by atoms with Gasteiger partial charge in [-0.3, -0.25) is 15.5 Å². The molecule has 2 atom stereocenters. The number of nitrogens with one attached hydrogen (secondary N) is 2. The summed E-state index contributed by atoms with van der Waals surface area (Å²) >= 11 is 0. The number of rotatable bonds is 6. The quantitative estimate of drug-likeness (QED) is 0.133. The second-order valence-electron chi connectivity index (χ2n) is 13.9. The molecular weight excluding hydrogens is 673 g/mol. The third-order valence-electron chi connectivity index (χ3n) is 10.6. The zero-order chi connectivity index (χ0) is 36.7. The second-order valence-corrected chi connectivity index (χ2v) is 13.9.